The molecule has 9 heteroatoms. The Morgan fingerprint density at radius 2 is 1.81 bits per heavy atom. The van der Waals surface area contributed by atoms with Gasteiger partial charge in [-0.1, -0.05) is 30.3 Å². The Balaban J connectivity index is 1.60. The number of carbonyl (C=O) groups excluding carboxylic acids is 2. The van der Waals surface area contributed by atoms with E-state index in [2.05, 4.69) is 9.97 Å². The topological polar surface area (TPSA) is 81.6 Å². The Labute approximate surface area is 191 Å². The lowest BCUT2D eigenvalue weighted by Crippen LogP contribution is -2.38. The SMILES string of the molecule is CCOC(=O)CC(CC(=O)OCc1ccccc1)C1CCN(c2nc(Cl)ncc2F)CC1. The molecule has 172 valence electrons. The van der Waals surface area contributed by atoms with Gasteiger partial charge in [0.15, 0.2) is 11.6 Å². The number of piperidine rings is 1. The molecule has 1 aromatic carbocycles. The average molecular weight is 464 g/mol. The summed E-state index contributed by atoms with van der Waals surface area (Å²) in [4.78, 5) is 34.1. The largest absolute Gasteiger partial charge is 0.466 e. The quantitative estimate of drug-likeness (QED) is 0.407. The van der Waals surface area contributed by atoms with Gasteiger partial charge in [-0.25, -0.2) is 9.37 Å². The van der Waals surface area contributed by atoms with Gasteiger partial charge in [0.05, 0.1) is 12.8 Å². The number of aromatic nitrogens is 2. The zero-order valence-electron chi connectivity index (χ0n) is 18.0. The van der Waals surface area contributed by atoms with E-state index < -0.39 is 5.82 Å². The molecule has 1 fully saturated rings. The van der Waals surface area contributed by atoms with Gasteiger partial charge in [-0.15, -0.1) is 0 Å². The van der Waals surface area contributed by atoms with Gasteiger partial charge in [0, 0.05) is 25.9 Å². The van der Waals surface area contributed by atoms with E-state index in [0.29, 0.717) is 25.9 Å². The molecule has 1 aliphatic rings. The fraction of sp³-hybridized carbons (Fsp3) is 0.478. The molecule has 1 saturated heterocycles. The van der Waals surface area contributed by atoms with E-state index in [9.17, 15) is 14.0 Å². The summed E-state index contributed by atoms with van der Waals surface area (Å²) in [5.41, 5.74) is 0.904. The molecule has 7 nitrogen and oxygen atoms in total. The third-order valence-electron chi connectivity index (χ3n) is 5.61. The van der Waals surface area contributed by atoms with Gasteiger partial charge in [0.25, 0.3) is 0 Å². The van der Waals surface area contributed by atoms with Crippen LogP contribution in [0.25, 0.3) is 0 Å². The molecule has 1 aliphatic heterocycles. The van der Waals surface area contributed by atoms with E-state index >= 15 is 0 Å². The Morgan fingerprint density at radius 3 is 2.47 bits per heavy atom. The van der Waals surface area contributed by atoms with Gasteiger partial charge < -0.3 is 14.4 Å². The van der Waals surface area contributed by atoms with E-state index in [4.69, 9.17) is 21.1 Å². The lowest BCUT2D eigenvalue weighted by Gasteiger charge is -2.36. The Bertz CT molecular complexity index is 907. The molecule has 1 aromatic heterocycles. The number of hydrogen-bond donors (Lipinski definition) is 0. The van der Waals surface area contributed by atoms with Gasteiger partial charge in [-0.2, -0.15) is 4.98 Å². The molecule has 0 radical (unpaired) electrons. The molecule has 0 aliphatic carbocycles. The van der Waals surface area contributed by atoms with Crippen molar-refractivity contribution in [2.24, 2.45) is 11.8 Å². The van der Waals surface area contributed by atoms with Gasteiger partial charge in [-0.05, 0) is 48.8 Å². The number of esters is 2. The maximum absolute atomic E-state index is 14.1. The van der Waals surface area contributed by atoms with Crippen molar-refractivity contribution in [3.05, 3.63) is 53.2 Å². The minimum absolute atomic E-state index is 0.00938. The lowest BCUT2D eigenvalue weighted by atomic mass is 9.80. The van der Waals surface area contributed by atoms with Crippen molar-refractivity contribution in [3.63, 3.8) is 0 Å². The highest BCUT2D eigenvalue weighted by atomic mass is 35.5. The number of nitrogens with zero attached hydrogens (tertiary/aromatic N) is 3. The summed E-state index contributed by atoms with van der Waals surface area (Å²) in [6.07, 6.45) is 2.69. The van der Waals surface area contributed by atoms with Gasteiger partial charge in [0.1, 0.15) is 6.61 Å². The number of carbonyl (C=O) groups is 2. The fourth-order valence-electron chi connectivity index (χ4n) is 3.99. The Hall–Kier alpha value is -2.74. The lowest BCUT2D eigenvalue weighted by molar-refractivity contribution is -0.149. The first kappa shape index (κ1) is 23.9. The van der Waals surface area contributed by atoms with Gasteiger partial charge in [0.2, 0.25) is 5.28 Å². The summed E-state index contributed by atoms with van der Waals surface area (Å²) >= 11 is 5.82. The number of anilines is 1. The van der Waals surface area contributed by atoms with Crippen molar-refractivity contribution in [1.82, 2.24) is 9.97 Å². The number of rotatable bonds is 9. The smallest absolute Gasteiger partial charge is 0.306 e. The Kier molecular flexibility index (Phi) is 8.79. The molecule has 3 rings (SSSR count). The predicted octanol–water partition coefficient (Wildman–Crippen LogP) is 4.19. The van der Waals surface area contributed by atoms with Crippen LogP contribution < -0.4 is 4.90 Å². The summed E-state index contributed by atoms with van der Waals surface area (Å²) in [6.45, 7) is 3.30. The molecule has 1 atom stereocenters. The van der Waals surface area contributed by atoms with Crippen molar-refractivity contribution in [3.8, 4) is 0 Å². The average Bonchev–Trinajstić information content (AvgIpc) is 2.80. The van der Waals surface area contributed by atoms with Crippen molar-refractivity contribution < 1.29 is 23.5 Å². The molecule has 0 spiro atoms. The summed E-state index contributed by atoms with van der Waals surface area (Å²) in [7, 11) is 0. The molecule has 1 unspecified atom stereocenters. The second-order valence-electron chi connectivity index (χ2n) is 7.75. The van der Waals surface area contributed by atoms with E-state index in [1.54, 1.807) is 6.92 Å². The molecule has 2 heterocycles. The zero-order valence-corrected chi connectivity index (χ0v) is 18.8. The van der Waals surface area contributed by atoms with Crippen LogP contribution in [-0.2, 0) is 25.7 Å². The van der Waals surface area contributed by atoms with E-state index in [0.717, 1.165) is 11.8 Å². The minimum Gasteiger partial charge on any atom is -0.466 e. The highest BCUT2D eigenvalue weighted by molar-refractivity contribution is 6.28. The molecule has 2 aromatic rings. The monoisotopic (exact) mass is 463 g/mol. The van der Waals surface area contributed by atoms with Crippen LogP contribution in [0.1, 0.15) is 38.2 Å². The molecule has 0 saturated carbocycles. The van der Waals surface area contributed by atoms with Crippen LogP contribution in [0.3, 0.4) is 0 Å². The number of halogens is 2. The van der Waals surface area contributed by atoms with Crippen molar-refractivity contribution in [2.45, 2.75) is 39.2 Å². The summed E-state index contributed by atoms with van der Waals surface area (Å²) in [5, 5.41) is -0.00938. The molecular formula is C23H27ClFN3O4. The van der Waals surface area contributed by atoms with Crippen LogP contribution >= 0.6 is 11.6 Å². The standard InChI is InChI=1S/C23H27ClFN3O4/c1-2-31-20(29)12-18(13-21(30)32-15-16-6-4-3-5-7-16)17-8-10-28(11-9-17)22-19(25)14-26-23(24)27-22/h3-7,14,17-18H,2,8-13,15H2,1H3. The summed E-state index contributed by atoms with van der Waals surface area (Å²) in [5.74, 6) is -1.14. The summed E-state index contributed by atoms with van der Waals surface area (Å²) in [6, 6.07) is 9.44. The highest BCUT2D eigenvalue weighted by Gasteiger charge is 2.32. The van der Waals surface area contributed by atoms with Crippen LogP contribution in [0.5, 0.6) is 0 Å². The third-order valence-corrected chi connectivity index (χ3v) is 5.79. The molecule has 32 heavy (non-hydrogen) atoms. The van der Waals surface area contributed by atoms with Crippen LogP contribution in [-0.4, -0.2) is 41.6 Å². The van der Waals surface area contributed by atoms with Crippen LogP contribution in [0.2, 0.25) is 5.28 Å². The van der Waals surface area contributed by atoms with E-state index in [-0.39, 0.29) is 60.9 Å². The Morgan fingerprint density at radius 1 is 1.16 bits per heavy atom. The second kappa shape index (κ2) is 11.8. The van der Waals surface area contributed by atoms with E-state index in [1.165, 1.54) is 0 Å². The molecular weight excluding hydrogens is 437 g/mol. The maximum Gasteiger partial charge on any atom is 0.306 e. The zero-order chi connectivity index (χ0) is 22.9. The highest BCUT2D eigenvalue weighted by Crippen LogP contribution is 2.33. The molecule has 0 bridgehead atoms. The predicted molar refractivity (Wildman–Crippen MR) is 118 cm³/mol. The fourth-order valence-corrected chi connectivity index (χ4v) is 4.12. The molecule has 0 N–H and O–H groups in total. The van der Waals surface area contributed by atoms with Crippen LogP contribution in [0.15, 0.2) is 36.5 Å². The van der Waals surface area contributed by atoms with Gasteiger partial charge in [-0.3, -0.25) is 9.59 Å². The number of ether oxygens (including phenoxy) is 2. The summed E-state index contributed by atoms with van der Waals surface area (Å²) < 4.78 is 24.7. The van der Waals surface area contributed by atoms with Crippen LogP contribution in [0.4, 0.5) is 10.2 Å². The first-order valence-corrected chi connectivity index (χ1v) is 11.1. The number of hydrogen-bond acceptors (Lipinski definition) is 7. The third kappa shape index (κ3) is 6.88. The maximum atomic E-state index is 14.1. The van der Waals surface area contributed by atoms with E-state index in [1.807, 2.05) is 35.2 Å². The van der Waals surface area contributed by atoms with Gasteiger partial charge >= 0.3 is 11.9 Å². The van der Waals surface area contributed by atoms with Crippen molar-refractivity contribution in [2.75, 3.05) is 24.6 Å². The van der Waals surface area contributed by atoms with Crippen molar-refractivity contribution in [1.29, 1.82) is 0 Å². The first-order valence-electron chi connectivity index (χ1n) is 10.7. The van der Waals surface area contributed by atoms with Crippen LogP contribution in [0, 0.1) is 17.7 Å². The number of benzene rings is 1. The molecule has 0 amide bonds. The minimum atomic E-state index is -0.527. The first-order chi connectivity index (χ1) is 15.5. The van der Waals surface area contributed by atoms with Crippen molar-refractivity contribution >= 4 is 29.4 Å². The normalized spacial score (nSPS) is 15.3. The second-order valence-corrected chi connectivity index (χ2v) is 8.09.